The van der Waals surface area contributed by atoms with Crippen molar-refractivity contribution >= 4 is 17.7 Å². The molecule has 1 atom stereocenters. The number of carboxylic acids is 1. The van der Waals surface area contributed by atoms with Crippen LogP contribution in [0.3, 0.4) is 0 Å². The summed E-state index contributed by atoms with van der Waals surface area (Å²) in [5.74, 6) is -0.360. The first kappa shape index (κ1) is 10.0. The number of aliphatic carboxylic acids is 1. The third-order valence-corrected chi connectivity index (χ3v) is 2.30. The third kappa shape index (κ3) is 2.73. The van der Waals surface area contributed by atoms with Gasteiger partial charge < -0.3 is 9.52 Å². The highest BCUT2D eigenvalue weighted by Crippen LogP contribution is 2.21. The molecule has 0 amide bonds. The second kappa shape index (κ2) is 4.27. The smallest absolute Gasteiger partial charge is 0.316 e. The lowest BCUT2D eigenvalue weighted by molar-refractivity contribution is -0.136. The van der Waals surface area contributed by atoms with Gasteiger partial charge in [-0.3, -0.25) is 4.79 Å². The monoisotopic (exact) mass is 202 g/mol. The summed E-state index contributed by atoms with van der Waals surface area (Å²) in [5.41, 5.74) is 0. The number of thioether (sulfide) groups is 1. The Morgan fingerprint density at radius 3 is 2.85 bits per heavy atom. The summed E-state index contributed by atoms with van der Waals surface area (Å²) in [6.07, 6.45) is 0.662. The summed E-state index contributed by atoms with van der Waals surface area (Å²) in [5, 5.41) is 15.8. The highest BCUT2D eigenvalue weighted by atomic mass is 32.2. The topological polar surface area (TPSA) is 76.2 Å². The molecule has 1 aromatic rings. The van der Waals surface area contributed by atoms with E-state index >= 15 is 0 Å². The first-order valence-electron chi connectivity index (χ1n) is 3.85. The van der Waals surface area contributed by atoms with Gasteiger partial charge in [0.05, 0.1) is 0 Å². The average molecular weight is 202 g/mol. The minimum atomic E-state index is -0.888. The van der Waals surface area contributed by atoms with E-state index in [2.05, 4.69) is 10.2 Å². The van der Waals surface area contributed by atoms with Gasteiger partial charge in [-0.2, -0.15) is 0 Å². The van der Waals surface area contributed by atoms with Crippen molar-refractivity contribution < 1.29 is 14.3 Å². The largest absolute Gasteiger partial charge is 0.480 e. The summed E-state index contributed by atoms with van der Waals surface area (Å²) in [6.45, 7) is 3.46. The normalized spacial score (nSPS) is 12.8. The highest BCUT2D eigenvalue weighted by Gasteiger charge is 2.16. The van der Waals surface area contributed by atoms with E-state index in [0.717, 1.165) is 11.8 Å². The molecule has 0 aliphatic heterocycles. The van der Waals surface area contributed by atoms with Crippen molar-refractivity contribution in [3.63, 3.8) is 0 Å². The van der Waals surface area contributed by atoms with E-state index in [1.807, 2.05) is 6.92 Å². The zero-order valence-corrected chi connectivity index (χ0v) is 8.17. The molecule has 0 bridgehead atoms. The van der Waals surface area contributed by atoms with Crippen LogP contribution in [-0.2, 0) is 11.2 Å². The van der Waals surface area contributed by atoms with Crippen LogP contribution < -0.4 is 0 Å². The van der Waals surface area contributed by atoms with Crippen LogP contribution >= 0.6 is 11.8 Å². The molecule has 0 aliphatic carbocycles. The lowest BCUT2D eigenvalue weighted by atomic mass is 10.5. The van der Waals surface area contributed by atoms with Crippen molar-refractivity contribution in [2.75, 3.05) is 0 Å². The lowest BCUT2D eigenvalue weighted by Gasteiger charge is -1.99. The quantitative estimate of drug-likeness (QED) is 0.739. The van der Waals surface area contributed by atoms with Gasteiger partial charge >= 0.3 is 5.97 Å². The van der Waals surface area contributed by atoms with Gasteiger partial charge in [0.1, 0.15) is 5.25 Å². The van der Waals surface area contributed by atoms with Gasteiger partial charge in [-0.25, -0.2) is 0 Å². The van der Waals surface area contributed by atoms with Crippen molar-refractivity contribution in [2.24, 2.45) is 0 Å². The zero-order valence-electron chi connectivity index (χ0n) is 7.35. The van der Waals surface area contributed by atoms with E-state index in [1.54, 1.807) is 6.92 Å². The second-order valence-corrected chi connectivity index (χ2v) is 3.71. The zero-order chi connectivity index (χ0) is 9.84. The summed E-state index contributed by atoms with van der Waals surface area (Å²) in [6, 6.07) is 0. The number of rotatable bonds is 4. The number of carboxylic acid groups (broad SMARTS) is 1. The van der Waals surface area contributed by atoms with E-state index in [4.69, 9.17) is 9.52 Å². The van der Waals surface area contributed by atoms with Crippen molar-refractivity contribution in [2.45, 2.75) is 30.7 Å². The number of carbonyl (C=O) groups is 1. The van der Waals surface area contributed by atoms with E-state index in [9.17, 15) is 4.79 Å². The Labute approximate surface area is 79.5 Å². The summed E-state index contributed by atoms with van der Waals surface area (Å²) >= 11 is 1.05. The molecule has 6 heteroatoms. The van der Waals surface area contributed by atoms with Crippen LogP contribution in [-0.4, -0.2) is 26.5 Å². The fourth-order valence-electron chi connectivity index (χ4n) is 0.630. The molecule has 1 aromatic heterocycles. The molecule has 1 rings (SSSR count). The summed E-state index contributed by atoms with van der Waals surface area (Å²) in [7, 11) is 0. The maximum absolute atomic E-state index is 10.5. The molecule has 0 unspecified atom stereocenters. The first-order chi connectivity index (χ1) is 6.13. The van der Waals surface area contributed by atoms with Crippen molar-refractivity contribution in [3.05, 3.63) is 5.89 Å². The number of nitrogens with zero attached hydrogens (tertiary/aromatic N) is 2. The van der Waals surface area contributed by atoms with Crippen LogP contribution in [0.2, 0.25) is 0 Å². The molecular weight excluding hydrogens is 192 g/mol. The summed E-state index contributed by atoms with van der Waals surface area (Å²) in [4.78, 5) is 10.5. The Hall–Kier alpha value is -1.04. The van der Waals surface area contributed by atoms with Gasteiger partial charge in [0.2, 0.25) is 5.89 Å². The summed E-state index contributed by atoms with van der Waals surface area (Å²) < 4.78 is 5.13. The van der Waals surface area contributed by atoms with Crippen LogP contribution in [0, 0.1) is 0 Å². The fraction of sp³-hybridized carbons (Fsp3) is 0.571. The third-order valence-electron chi connectivity index (χ3n) is 1.38. The minimum Gasteiger partial charge on any atom is -0.480 e. The van der Waals surface area contributed by atoms with E-state index < -0.39 is 11.2 Å². The van der Waals surface area contributed by atoms with E-state index in [1.165, 1.54) is 0 Å². The van der Waals surface area contributed by atoms with Crippen molar-refractivity contribution in [3.8, 4) is 0 Å². The number of aromatic nitrogens is 2. The molecule has 0 saturated carbocycles. The standard InChI is InChI=1S/C7H10N2O3S/c1-3-5-8-9-7(12-5)13-4(2)6(10)11/h4H,3H2,1-2H3,(H,10,11)/t4-/m1/s1. The molecule has 0 fully saturated rings. The Balaban J connectivity index is 2.58. The van der Waals surface area contributed by atoms with Crippen LogP contribution in [0.5, 0.6) is 0 Å². The maximum atomic E-state index is 10.5. The maximum Gasteiger partial charge on any atom is 0.316 e. The Morgan fingerprint density at radius 2 is 2.38 bits per heavy atom. The molecule has 1 heterocycles. The number of aryl methyl sites for hydroxylation is 1. The Morgan fingerprint density at radius 1 is 1.69 bits per heavy atom. The van der Waals surface area contributed by atoms with Gasteiger partial charge in [0, 0.05) is 6.42 Å². The SMILES string of the molecule is CCc1nnc(S[C@H](C)C(=O)O)o1. The first-order valence-corrected chi connectivity index (χ1v) is 4.73. The predicted molar refractivity (Wildman–Crippen MR) is 46.6 cm³/mol. The van der Waals surface area contributed by atoms with Crippen LogP contribution in [0.15, 0.2) is 9.64 Å². The number of hydrogen-bond donors (Lipinski definition) is 1. The predicted octanol–water partition coefficient (Wildman–Crippen LogP) is 1.20. The van der Waals surface area contributed by atoms with Crippen molar-refractivity contribution in [1.29, 1.82) is 0 Å². The second-order valence-electron chi connectivity index (χ2n) is 2.41. The van der Waals surface area contributed by atoms with E-state index in [0.29, 0.717) is 17.5 Å². The number of hydrogen-bond acceptors (Lipinski definition) is 5. The van der Waals surface area contributed by atoms with Gasteiger partial charge in [-0.15, -0.1) is 10.2 Å². The highest BCUT2D eigenvalue weighted by molar-refractivity contribution is 8.00. The molecule has 13 heavy (non-hydrogen) atoms. The Bertz CT molecular complexity index is 300. The van der Waals surface area contributed by atoms with Crippen LogP contribution in [0.25, 0.3) is 0 Å². The van der Waals surface area contributed by atoms with Crippen molar-refractivity contribution in [1.82, 2.24) is 10.2 Å². The molecule has 0 aromatic carbocycles. The molecule has 0 saturated heterocycles. The van der Waals surface area contributed by atoms with Gasteiger partial charge in [0.15, 0.2) is 0 Å². The average Bonchev–Trinajstić information content (AvgIpc) is 2.52. The molecule has 72 valence electrons. The molecule has 0 aliphatic rings. The minimum absolute atomic E-state index is 0.312. The molecule has 0 radical (unpaired) electrons. The molecule has 0 spiro atoms. The Kier molecular flexibility index (Phi) is 3.30. The lowest BCUT2D eigenvalue weighted by Crippen LogP contribution is -2.10. The van der Waals surface area contributed by atoms with Crippen LogP contribution in [0.4, 0.5) is 0 Å². The van der Waals surface area contributed by atoms with Gasteiger partial charge in [-0.05, 0) is 6.92 Å². The van der Waals surface area contributed by atoms with Gasteiger partial charge in [-0.1, -0.05) is 18.7 Å². The van der Waals surface area contributed by atoms with Gasteiger partial charge in [0.25, 0.3) is 5.22 Å². The molecule has 1 N–H and O–H groups in total. The fourth-order valence-corrected chi connectivity index (χ4v) is 1.27. The molecule has 5 nitrogen and oxygen atoms in total. The van der Waals surface area contributed by atoms with E-state index in [-0.39, 0.29) is 0 Å². The molecular formula is C7H10N2O3S. The van der Waals surface area contributed by atoms with Crippen LogP contribution in [0.1, 0.15) is 19.7 Å².